The molecule has 0 saturated carbocycles. The number of fused-ring (bicyclic) bond motifs is 1. The van der Waals surface area contributed by atoms with Crippen LogP contribution in [-0.2, 0) is 18.3 Å². The maximum absolute atomic E-state index is 13.0. The lowest BCUT2D eigenvalue weighted by atomic mass is 10.0. The van der Waals surface area contributed by atoms with Crippen LogP contribution in [0.2, 0.25) is 5.02 Å². The number of anilines is 1. The standard InChI is InChI=1S/C26H27ClN8O3/c1-15-14-29-24(33(15)2)16-10-17(12-18(27)11-16)25-32-31-21(38-25)13-22(36)34-8-5-19(6-9-34)35-20-4-3-7-28-23(20)30-26(35)37/h3-4,10-12,14,19,28H,5-9,13H2,1-2H3,(H,30,37). The van der Waals surface area contributed by atoms with Gasteiger partial charge in [-0.05, 0) is 44.0 Å². The summed E-state index contributed by atoms with van der Waals surface area (Å²) in [6, 6.07) is 5.51. The van der Waals surface area contributed by atoms with Gasteiger partial charge in [0.05, 0.1) is 5.69 Å². The molecule has 2 aliphatic heterocycles. The molecule has 0 aliphatic carbocycles. The molecule has 1 saturated heterocycles. The van der Waals surface area contributed by atoms with Crippen molar-refractivity contribution in [3.63, 3.8) is 0 Å². The summed E-state index contributed by atoms with van der Waals surface area (Å²) < 4.78 is 9.63. The van der Waals surface area contributed by atoms with Gasteiger partial charge in [0, 0.05) is 60.8 Å². The summed E-state index contributed by atoms with van der Waals surface area (Å²) in [5.41, 5.74) is 3.25. The maximum Gasteiger partial charge on any atom is 0.327 e. The van der Waals surface area contributed by atoms with Crippen LogP contribution in [0.1, 0.15) is 36.2 Å². The Bertz CT molecular complexity index is 1600. The number of carbonyl (C=O) groups excluding carboxylic acids is 1. The van der Waals surface area contributed by atoms with E-state index in [9.17, 15) is 9.59 Å². The number of rotatable bonds is 5. The average Bonchev–Trinajstić information content (AvgIpc) is 3.60. The molecule has 38 heavy (non-hydrogen) atoms. The van der Waals surface area contributed by atoms with Crippen molar-refractivity contribution in [3.8, 4) is 22.8 Å². The molecular weight excluding hydrogens is 508 g/mol. The second kappa shape index (κ2) is 9.64. The zero-order valence-corrected chi connectivity index (χ0v) is 21.8. The van der Waals surface area contributed by atoms with Gasteiger partial charge < -0.3 is 19.2 Å². The number of nitrogens with zero attached hydrogens (tertiary/aromatic N) is 6. The van der Waals surface area contributed by atoms with E-state index in [1.165, 1.54) is 0 Å². The highest BCUT2D eigenvalue weighted by Gasteiger charge is 2.28. The molecule has 2 aliphatic rings. The van der Waals surface area contributed by atoms with Gasteiger partial charge in [0.1, 0.15) is 18.1 Å². The van der Waals surface area contributed by atoms with Crippen LogP contribution >= 0.6 is 11.6 Å². The lowest BCUT2D eigenvalue weighted by Crippen LogP contribution is -2.41. The molecule has 196 valence electrons. The fourth-order valence-electron chi connectivity index (χ4n) is 5.12. The first-order chi connectivity index (χ1) is 18.4. The number of hydrogen-bond donors (Lipinski definition) is 2. The Morgan fingerprint density at radius 3 is 2.74 bits per heavy atom. The van der Waals surface area contributed by atoms with E-state index in [4.69, 9.17) is 16.0 Å². The van der Waals surface area contributed by atoms with E-state index in [1.54, 1.807) is 21.7 Å². The Morgan fingerprint density at radius 1 is 1.18 bits per heavy atom. The first kappa shape index (κ1) is 24.2. The number of piperidine rings is 1. The molecule has 1 aromatic carbocycles. The lowest BCUT2D eigenvalue weighted by molar-refractivity contribution is -0.132. The van der Waals surface area contributed by atoms with Gasteiger partial charge in [-0.25, -0.2) is 9.78 Å². The predicted molar refractivity (Wildman–Crippen MR) is 143 cm³/mol. The Kier molecular flexibility index (Phi) is 6.15. The van der Waals surface area contributed by atoms with Gasteiger partial charge in [0.2, 0.25) is 17.7 Å². The molecule has 2 N–H and O–H groups in total. The highest BCUT2D eigenvalue weighted by Crippen LogP contribution is 2.30. The smallest absolute Gasteiger partial charge is 0.327 e. The van der Waals surface area contributed by atoms with Crippen LogP contribution in [-0.4, -0.2) is 59.7 Å². The molecule has 1 amide bonds. The SMILES string of the molecule is Cc1cnc(-c2cc(Cl)cc(-c3nnc(CC(=O)N4CCC(n5c6c([nH]c5=O)NCC=C6)CC4)o3)c2)n1C. The second-order valence-electron chi connectivity index (χ2n) is 9.64. The van der Waals surface area contributed by atoms with Crippen LogP contribution in [0, 0.1) is 6.92 Å². The van der Waals surface area contributed by atoms with Gasteiger partial charge in [-0.15, -0.1) is 10.2 Å². The third kappa shape index (κ3) is 4.43. The van der Waals surface area contributed by atoms with Crippen molar-refractivity contribution < 1.29 is 9.21 Å². The van der Waals surface area contributed by atoms with Crippen molar-refractivity contribution >= 4 is 29.4 Å². The minimum Gasteiger partial charge on any atom is -0.420 e. The molecule has 0 spiro atoms. The summed E-state index contributed by atoms with van der Waals surface area (Å²) in [4.78, 5) is 34.7. The molecule has 11 nitrogen and oxygen atoms in total. The summed E-state index contributed by atoms with van der Waals surface area (Å²) >= 11 is 6.38. The van der Waals surface area contributed by atoms with Crippen LogP contribution in [0.5, 0.6) is 0 Å². The molecule has 6 rings (SSSR count). The summed E-state index contributed by atoms with van der Waals surface area (Å²) in [6.07, 6.45) is 7.15. The maximum atomic E-state index is 13.0. The number of amides is 1. The van der Waals surface area contributed by atoms with Crippen molar-refractivity contribution in [2.75, 3.05) is 25.0 Å². The number of nitrogens with one attached hydrogen (secondary N) is 2. The number of H-pyrrole nitrogens is 1. The quantitative estimate of drug-likeness (QED) is 0.401. The van der Waals surface area contributed by atoms with E-state index in [0.717, 1.165) is 28.6 Å². The first-order valence-electron chi connectivity index (χ1n) is 12.5. The number of aryl methyl sites for hydroxylation is 1. The molecule has 12 heteroatoms. The first-order valence-corrected chi connectivity index (χ1v) is 12.9. The topological polar surface area (TPSA) is 127 Å². The van der Waals surface area contributed by atoms with Gasteiger partial charge in [0.25, 0.3) is 0 Å². The summed E-state index contributed by atoms with van der Waals surface area (Å²) in [5.74, 6) is 1.98. The van der Waals surface area contributed by atoms with Crippen molar-refractivity contribution in [1.29, 1.82) is 0 Å². The summed E-state index contributed by atoms with van der Waals surface area (Å²) in [7, 11) is 1.94. The van der Waals surface area contributed by atoms with Gasteiger partial charge >= 0.3 is 5.69 Å². The zero-order valence-electron chi connectivity index (χ0n) is 21.1. The number of hydrogen-bond acceptors (Lipinski definition) is 7. The van der Waals surface area contributed by atoms with Gasteiger partial charge in [0.15, 0.2) is 0 Å². The van der Waals surface area contributed by atoms with E-state index < -0.39 is 0 Å². The zero-order chi connectivity index (χ0) is 26.4. The van der Waals surface area contributed by atoms with Crippen molar-refractivity contribution in [2.24, 2.45) is 7.05 Å². The number of likely N-dealkylation sites (tertiary alicyclic amines) is 1. The molecule has 0 bridgehead atoms. The van der Waals surface area contributed by atoms with Gasteiger partial charge in [-0.2, -0.15) is 0 Å². The van der Waals surface area contributed by atoms with E-state index in [2.05, 4.69) is 25.5 Å². The monoisotopic (exact) mass is 534 g/mol. The third-order valence-electron chi connectivity index (χ3n) is 7.21. The number of aromatic amines is 1. The number of carbonyl (C=O) groups is 1. The van der Waals surface area contributed by atoms with Crippen LogP contribution in [0.15, 0.2) is 39.7 Å². The number of benzene rings is 1. The molecule has 4 aromatic rings. The fraction of sp³-hybridized carbons (Fsp3) is 0.346. The minimum atomic E-state index is -0.126. The predicted octanol–water partition coefficient (Wildman–Crippen LogP) is 3.43. The van der Waals surface area contributed by atoms with E-state index in [0.29, 0.717) is 49.0 Å². The minimum absolute atomic E-state index is 0.00973. The summed E-state index contributed by atoms with van der Waals surface area (Å²) in [6.45, 7) is 3.77. The van der Waals surface area contributed by atoms with Crippen LogP contribution < -0.4 is 11.0 Å². The lowest BCUT2D eigenvalue weighted by Gasteiger charge is -2.32. The number of imidazole rings is 2. The molecule has 0 unspecified atom stereocenters. The second-order valence-corrected chi connectivity index (χ2v) is 10.1. The molecule has 0 atom stereocenters. The largest absolute Gasteiger partial charge is 0.420 e. The molecule has 0 radical (unpaired) electrons. The summed E-state index contributed by atoms with van der Waals surface area (Å²) in [5, 5.41) is 12.0. The van der Waals surface area contributed by atoms with Crippen LogP contribution in [0.3, 0.4) is 0 Å². The fourth-order valence-corrected chi connectivity index (χ4v) is 5.35. The normalized spacial score (nSPS) is 15.5. The van der Waals surface area contributed by atoms with Crippen molar-refractivity contribution in [1.82, 2.24) is 34.2 Å². The number of halogens is 1. The third-order valence-corrected chi connectivity index (χ3v) is 7.43. The number of aromatic nitrogens is 6. The average molecular weight is 535 g/mol. The van der Waals surface area contributed by atoms with Crippen LogP contribution in [0.25, 0.3) is 28.9 Å². The highest BCUT2D eigenvalue weighted by molar-refractivity contribution is 6.31. The Hall–Kier alpha value is -4.12. The van der Waals surface area contributed by atoms with Gasteiger partial charge in [-0.3, -0.25) is 14.3 Å². The Morgan fingerprint density at radius 2 is 1.97 bits per heavy atom. The molecule has 3 aromatic heterocycles. The van der Waals surface area contributed by atoms with Crippen molar-refractivity contribution in [3.05, 3.63) is 63.3 Å². The van der Waals surface area contributed by atoms with E-state index in [-0.39, 0.29) is 30.0 Å². The van der Waals surface area contributed by atoms with Crippen molar-refractivity contribution in [2.45, 2.75) is 32.2 Å². The molecule has 1 fully saturated rings. The Balaban J connectivity index is 1.12. The molecule has 5 heterocycles. The van der Waals surface area contributed by atoms with E-state index in [1.807, 2.05) is 42.8 Å². The molecular formula is C26H27ClN8O3. The highest BCUT2D eigenvalue weighted by atomic mass is 35.5. The van der Waals surface area contributed by atoms with Gasteiger partial charge in [-0.1, -0.05) is 17.7 Å². The van der Waals surface area contributed by atoms with E-state index >= 15 is 0 Å². The van der Waals surface area contributed by atoms with Crippen LogP contribution in [0.4, 0.5) is 5.82 Å². The Labute approximate surface area is 223 Å².